The average Bonchev–Trinajstić information content (AvgIpc) is 2.85. The van der Waals surface area contributed by atoms with Crippen LogP contribution in [0.25, 0.3) is 0 Å². The highest BCUT2D eigenvalue weighted by Crippen LogP contribution is 2.48. The molecule has 0 N–H and O–H groups in total. The molecule has 138 valence electrons. The number of hydrogen-bond donors (Lipinski definition) is 0. The van der Waals surface area contributed by atoms with Crippen molar-refractivity contribution in [3.05, 3.63) is 23.2 Å². The summed E-state index contributed by atoms with van der Waals surface area (Å²) < 4.78 is 13.0. The second-order valence-electron chi connectivity index (χ2n) is 8.40. The van der Waals surface area contributed by atoms with E-state index < -0.39 is 8.32 Å². The van der Waals surface area contributed by atoms with Gasteiger partial charge in [-0.25, -0.2) is 0 Å². The van der Waals surface area contributed by atoms with Gasteiger partial charge < -0.3 is 9.16 Å². The second-order valence-corrected chi connectivity index (χ2v) is 14.1. The quantitative estimate of drug-likeness (QED) is 0.278. The van der Waals surface area contributed by atoms with Crippen molar-refractivity contribution in [3.63, 3.8) is 0 Å². The number of halogens is 1. The third-order valence-electron chi connectivity index (χ3n) is 5.79. The van der Waals surface area contributed by atoms with Crippen LogP contribution in [-0.4, -0.2) is 27.0 Å². The summed E-state index contributed by atoms with van der Waals surface area (Å²) in [6, 6.07) is 0. The lowest BCUT2D eigenvalue weighted by molar-refractivity contribution is -0.142. The molecule has 1 aliphatic heterocycles. The van der Waals surface area contributed by atoms with Gasteiger partial charge in [0.1, 0.15) is 6.10 Å². The van der Waals surface area contributed by atoms with Crippen molar-refractivity contribution >= 4 is 30.2 Å². The number of rotatable bonds is 4. The molecule has 0 aromatic heterocycles. The SMILES string of the molecule is C=C[C@@H]1[C@H]2C(=O)OC[C@H]2C=C(Br)[C@H]1C(C#CC)O[Si](C)(C)C(C)(C)C. The number of allylic oxidation sites excluding steroid dienone is 1. The minimum atomic E-state index is -2.01. The number of esters is 1. The molecule has 0 aromatic rings. The molecule has 0 bridgehead atoms. The lowest BCUT2D eigenvalue weighted by Gasteiger charge is -2.43. The smallest absolute Gasteiger partial charge is 0.310 e. The maximum absolute atomic E-state index is 12.3. The Labute approximate surface area is 161 Å². The van der Waals surface area contributed by atoms with E-state index in [4.69, 9.17) is 9.16 Å². The number of hydrogen-bond acceptors (Lipinski definition) is 3. The van der Waals surface area contributed by atoms with Crippen LogP contribution in [0.15, 0.2) is 23.2 Å². The second kappa shape index (κ2) is 7.42. The molecule has 5 atom stereocenters. The van der Waals surface area contributed by atoms with Crippen LogP contribution in [0.3, 0.4) is 0 Å². The molecule has 0 aromatic carbocycles. The first-order valence-electron chi connectivity index (χ1n) is 8.80. The van der Waals surface area contributed by atoms with Gasteiger partial charge in [0.25, 0.3) is 0 Å². The molecular formula is C20H29BrO3Si. The minimum Gasteiger partial charge on any atom is -0.465 e. The first-order chi connectivity index (χ1) is 11.5. The van der Waals surface area contributed by atoms with Crippen LogP contribution in [0.5, 0.6) is 0 Å². The molecule has 0 saturated carbocycles. The van der Waals surface area contributed by atoms with E-state index in [1.54, 1.807) is 0 Å². The largest absolute Gasteiger partial charge is 0.465 e. The first kappa shape index (κ1) is 20.5. The molecular weight excluding hydrogens is 396 g/mol. The van der Waals surface area contributed by atoms with E-state index in [0.29, 0.717) is 6.61 Å². The third-order valence-corrected chi connectivity index (χ3v) is 11.0. The lowest BCUT2D eigenvalue weighted by atomic mass is 9.70. The first-order valence-corrected chi connectivity index (χ1v) is 12.5. The van der Waals surface area contributed by atoms with Gasteiger partial charge in [-0.15, -0.1) is 12.5 Å². The van der Waals surface area contributed by atoms with E-state index in [1.165, 1.54) is 0 Å². The minimum absolute atomic E-state index is 0.0361. The summed E-state index contributed by atoms with van der Waals surface area (Å²) in [5, 5.41) is 0.0873. The fourth-order valence-electron chi connectivity index (χ4n) is 3.34. The Balaban J connectivity index is 2.42. The summed E-state index contributed by atoms with van der Waals surface area (Å²) in [5.41, 5.74) is 0. The fraction of sp³-hybridized carbons (Fsp3) is 0.650. The van der Waals surface area contributed by atoms with Crippen molar-refractivity contribution in [1.82, 2.24) is 0 Å². The van der Waals surface area contributed by atoms with Gasteiger partial charge in [-0.2, -0.15) is 0 Å². The van der Waals surface area contributed by atoms with Crippen molar-refractivity contribution in [1.29, 1.82) is 0 Å². The summed E-state index contributed by atoms with van der Waals surface area (Å²) in [6.45, 7) is 17.4. The molecule has 0 radical (unpaired) electrons. The van der Waals surface area contributed by atoms with Gasteiger partial charge in [0.2, 0.25) is 0 Å². The van der Waals surface area contributed by atoms with E-state index >= 15 is 0 Å². The Hall–Kier alpha value is -0.833. The highest BCUT2D eigenvalue weighted by molar-refractivity contribution is 9.11. The zero-order valence-corrected chi connectivity index (χ0v) is 18.6. The molecule has 1 aliphatic carbocycles. The summed E-state index contributed by atoms with van der Waals surface area (Å²) in [6.07, 6.45) is 3.72. The molecule has 1 heterocycles. The van der Waals surface area contributed by atoms with E-state index in [2.05, 4.69) is 74.3 Å². The van der Waals surface area contributed by atoms with Crippen LogP contribution < -0.4 is 0 Å². The molecule has 0 amide bonds. The Morgan fingerprint density at radius 2 is 2.12 bits per heavy atom. The highest BCUT2D eigenvalue weighted by Gasteiger charge is 2.50. The average molecular weight is 425 g/mol. The monoisotopic (exact) mass is 424 g/mol. The van der Waals surface area contributed by atoms with Crippen LogP contribution in [-0.2, 0) is 14.0 Å². The number of ether oxygens (including phenoxy) is 1. The predicted molar refractivity (Wildman–Crippen MR) is 108 cm³/mol. The Morgan fingerprint density at radius 3 is 2.64 bits per heavy atom. The molecule has 2 aliphatic rings. The Kier molecular flexibility index (Phi) is 6.08. The number of carbonyl (C=O) groups excluding carboxylic acids is 1. The molecule has 3 nitrogen and oxygen atoms in total. The summed E-state index contributed by atoms with van der Waals surface area (Å²) >= 11 is 3.74. The van der Waals surface area contributed by atoms with Crippen LogP contribution in [0.1, 0.15) is 27.7 Å². The lowest BCUT2D eigenvalue weighted by Crippen LogP contribution is -2.48. The van der Waals surface area contributed by atoms with Gasteiger partial charge in [0.05, 0.1) is 12.5 Å². The molecule has 5 heteroatoms. The molecule has 25 heavy (non-hydrogen) atoms. The molecule has 0 spiro atoms. The van der Waals surface area contributed by atoms with E-state index in [0.717, 1.165) is 4.48 Å². The van der Waals surface area contributed by atoms with Crippen molar-refractivity contribution < 1.29 is 14.0 Å². The third kappa shape index (κ3) is 3.96. The maximum atomic E-state index is 12.3. The zero-order valence-electron chi connectivity index (χ0n) is 16.1. The van der Waals surface area contributed by atoms with E-state index in [-0.39, 0.29) is 40.8 Å². The van der Waals surface area contributed by atoms with Crippen molar-refractivity contribution in [2.24, 2.45) is 23.7 Å². The normalized spacial score (nSPS) is 30.5. The molecule has 1 unspecified atom stereocenters. The predicted octanol–water partition coefficient (Wildman–Crippen LogP) is 4.90. The van der Waals surface area contributed by atoms with Crippen molar-refractivity contribution in [3.8, 4) is 11.8 Å². The van der Waals surface area contributed by atoms with Crippen LogP contribution in [0.2, 0.25) is 18.1 Å². The Bertz CT molecular complexity index is 636. The number of fused-ring (bicyclic) bond motifs is 1. The number of cyclic esters (lactones) is 1. The van der Waals surface area contributed by atoms with Crippen LogP contribution in [0, 0.1) is 35.5 Å². The topological polar surface area (TPSA) is 35.5 Å². The van der Waals surface area contributed by atoms with Crippen LogP contribution in [0.4, 0.5) is 0 Å². The standard InChI is InChI=1S/C20H29BrO3Si/c1-8-10-16(24-25(6,7)20(3,4)5)18-14(9-2)17-13(11-15(18)21)12-23-19(17)22/h9,11,13-14,16-18H,2,12H2,1,3-7H3/t13-,14-,16?,17+,18+/m1/s1. The molecule has 2 rings (SSSR count). The van der Waals surface area contributed by atoms with Gasteiger partial charge in [-0.3, -0.25) is 4.79 Å². The molecule has 1 fully saturated rings. The van der Waals surface area contributed by atoms with Crippen molar-refractivity contribution in [2.45, 2.75) is 51.9 Å². The van der Waals surface area contributed by atoms with Gasteiger partial charge in [-0.05, 0) is 29.5 Å². The van der Waals surface area contributed by atoms with Gasteiger partial charge in [0.15, 0.2) is 8.32 Å². The van der Waals surface area contributed by atoms with Gasteiger partial charge in [-0.1, -0.05) is 54.8 Å². The summed E-state index contributed by atoms with van der Waals surface area (Å²) in [5.74, 6) is 5.98. The number of carbonyl (C=O) groups is 1. The van der Waals surface area contributed by atoms with Gasteiger partial charge in [0, 0.05) is 17.8 Å². The van der Waals surface area contributed by atoms with E-state index in [1.807, 2.05) is 13.0 Å². The summed E-state index contributed by atoms with van der Waals surface area (Å²) in [4.78, 5) is 12.3. The zero-order chi connectivity index (χ0) is 19.0. The Morgan fingerprint density at radius 1 is 1.48 bits per heavy atom. The molecule has 1 saturated heterocycles. The summed E-state index contributed by atoms with van der Waals surface area (Å²) in [7, 11) is -2.01. The highest BCUT2D eigenvalue weighted by atomic mass is 79.9. The maximum Gasteiger partial charge on any atom is 0.310 e. The van der Waals surface area contributed by atoms with E-state index in [9.17, 15) is 4.79 Å². The van der Waals surface area contributed by atoms with Gasteiger partial charge >= 0.3 is 5.97 Å². The van der Waals surface area contributed by atoms with Crippen LogP contribution >= 0.6 is 15.9 Å². The van der Waals surface area contributed by atoms with Crippen molar-refractivity contribution in [2.75, 3.05) is 6.61 Å². The fourth-order valence-corrected chi connectivity index (χ4v) is 5.42.